The molecule has 0 saturated heterocycles. The van der Waals surface area contributed by atoms with Crippen LogP contribution in [0.4, 0.5) is 0 Å². The summed E-state index contributed by atoms with van der Waals surface area (Å²) in [5, 5.41) is 57.3. The van der Waals surface area contributed by atoms with Crippen molar-refractivity contribution in [3.8, 4) is 0 Å². The predicted molar refractivity (Wildman–Crippen MR) is 290 cm³/mol. The molecule has 9 unspecified atom stereocenters. The van der Waals surface area contributed by atoms with E-state index < -0.39 is 170 Å². The van der Waals surface area contributed by atoms with E-state index in [4.69, 9.17) is 51.0 Å². The van der Waals surface area contributed by atoms with Crippen molar-refractivity contribution in [2.45, 2.75) is 151 Å². The summed E-state index contributed by atoms with van der Waals surface area (Å²) >= 11 is 1.22. The number of hydrogen-bond acceptors (Lipinski definition) is 19. The predicted octanol–water partition coefficient (Wildman–Crippen LogP) is -8.87. The minimum absolute atomic E-state index is 0.00131. The largest absolute Gasteiger partial charge is 0.481 e. The first-order valence-corrected chi connectivity index (χ1v) is 26.8. The van der Waals surface area contributed by atoms with Crippen LogP contribution in [0.15, 0.2) is 9.98 Å². The number of carbonyl (C=O) groups excluding carboxylic acids is 10. The Morgan fingerprint density at radius 1 is 0.432 bits per heavy atom. The third-order valence-corrected chi connectivity index (χ3v) is 12.1. The quantitative estimate of drug-likeness (QED) is 0.0153. The van der Waals surface area contributed by atoms with Gasteiger partial charge in [0.1, 0.15) is 48.3 Å². The molecule has 9 atom stereocenters. The fraction of sp³-hybridized carbons (Fsp3) is 0.667. The van der Waals surface area contributed by atoms with Crippen LogP contribution in [0.2, 0.25) is 0 Å². The molecule has 0 aliphatic rings. The number of hydrogen-bond donors (Lipinski definition) is 20. The van der Waals surface area contributed by atoms with Gasteiger partial charge in [-0.15, -0.1) is 0 Å². The van der Waals surface area contributed by atoms with Crippen molar-refractivity contribution in [3.63, 3.8) is 0 Å². The van der Waals surface area contributed by atoms with E-state index in [9.17, 15) is 77.6 Å². The molecule has 0 aliphatic heterocycles. The summed E-state index contributed by atoms with van der Waals surface area (Å²) in [4.78, 5) is 175. The van der Waals surface area contributed by atoms with E-state index in [1.54, 1.807) is 6.26 Å². The number of carboxylic acids is 3. The number of aliphatic carboxylic acids is 3. The summed E-state index contributed by atoms with van der Waals surface area (Å²) in [6.45, 7) is -1.18. The van der Waals surface area contributed by atoms with Crippen LogP contribution in [-0.2, 0) is 62.3 Å². The van der Waals surface area contributed by atoms with Gasteiger partial charge in [0.15, 0.2) is 11.9 Å². The van der Waals surface area contributed by atoms with Crippen molar-refractivity contribution in [2.75, 3.05) is 38.2 Å². The number of thioether (sulfide) groups is 1. The van der Waals surface area contributed by atoms with Gasteiger partial charge in [-0.3, -0.25) is 67.5 Å². The summed E-state index contributed by atoms with van der Waals surface area (Å²) in [6, 6.07) is -14.7. The van der Waals surface area contributed by atoms with Crippen LogP contribution in [0.1, 0.15) is 96.3 Å². The maximum Gasteiger partial charge on any atom is 0.326 e. The highest BCUT2D eigenvalue weighted by Crippen LogP contribution is 2.10. The van der Waals surface area contributed by atoms with E-state index in [-0.39, 0.29) is 88.7 Å². The number of rotatable bonds is 44. The highest BCUT2D eigenvalue weighted by atomic mass is 32.2. The number of carbonyl (C=O) groups is 13. The van der Waals surface area contributed by atoms with E-state index in [0.717, 1.165) is 0 Å². The molecule has 0 aromatic heterocycles. The van der Waals surface area contributed by atoms with Crippen LogP contribution < -0.4 is 88.4 Å². The normalized spacial score (nSPS) is 14.1. The van der Waals surface area contributed by atoms with Crippen molar-refractivity contribution >= 4 is 101 Å². The van der Waals surface area contributed by atoms with Crippen LogP contribution >= 0.6 is 11.8 Å². The molecule has 0 radical (unpaired) electrons. The summed E-state index contributed by atoms with van der Waals surface area (Å²) in [5.41, 5.74) is 43.6. The molecule has 0 aromatic rings. The lowest BCUT2D eigenvalue weighted by Crippen LogP contribution is -2.61. The zero-order chi connectivity index (χ0) is 61.8. The van der Waals surface area contributed by atoms with Crippen molar-refractivity contribution in [3.05, 3.63) is 0 Å². The molecule has 0 aromatic carbocycles. The number of nitrogens with two attached hydrogens (primary N) is 8. The highest BCUT2D eigenvalue weighted by molar-refractivity contribution is 7.98. The number of unbranched alkanes of at least 4 members (excludes halogenated alkanes) is 1. The van der Waals surface area contributed by atoms with Gasteiger partial charge >= 0.3 is 17.9 Å². The highest BCUT2D eigenvalue weighted by Gasteiger charge is 2.36. The molecule has 36 heteroatoms. The Balaban J connectivity index is 6.79. The van der Waals surface area contributed by atoms with Crippen molar-refractivity contribution in [1.29, 1.82) is 0 Å². The number of amides is 10. The number of aliphatic imine (C=N–C) groups is 2. The first-order valence-electron chi connectivity index (χ1n) is 25.4. The molecular weight excluding hydrogens is 1100 g/mol. The zero-order valence-corrected chi connectivity index (χ0v) is 45.7. The third kappa shape index (κ3) is 32.5. The maximum absolute atomic E-state index is 13.9. The van der Waals surface area contributed by atoms with Crippen LogP contribution in [0.5, 0.6) is 0 Å². The van der Waals surface area contributed by atoms with Gasteiger partial charge in [-0.25, -0.2) is 4.79 Å². The number of guanidine groups is 2. The second kappa shape index (κ2) is 40.1. The van der Waals surface area contributed by atoms with Crippen LogP contribution in [0.3, 0.4) is 0 Å². The molecule has 81 heavy (non-hydrogen) atoms. The average Bonchev–Trinajstić information content (AvgIpc) is 3.39. The Labute approximate surface area is 469 Å². The molecular formula is C45H80N18O17S. The number of aliphatic hydroxyl groups excluding tert-OH is 1. The van der Waals surface area contributed by atoms with Crippen LogP contribution in [0, 0.1) is 0 Å². The molecule has 0 fully saturated rings. The standard InChI is InChI=1S/C45H80N18O17S/c1-81-19-15-27(60-39(75)26(10-13-32(49)66)59-36(72)23(6-2-3-16-46)56-35(71)22(47)9-12-31(48)65)40(76)63-30(21-64)42(78)62-29(20-34(69)70)41(77)58-24(7-4-17-54-44(50)51)37(73)57-25(8-5-18-55-45(52)53)38(74)61-28(43(79)80)11-14-33(67)68/h22-30,64H,2-21,46-47H2,1H3,(H2,48,65)(H2,49,66)(H,56,71)(H,57,73)(H,58,77)(H,59,72)(H,60,75)(H,61,74)(H,62,78)(H,63,76)(H,67,68)(H,69,70)(H,79,80)(H4,50,51,54)(H4,52,53,55). The number of nitrogens with zero attached hydrogens (tertiary/aromatic N) is 2. The van der Waals surface area contributed by atoms with Crippen molar-refractivity contribution in [1.82, 2.24) is 42.5 Å². The third-order valence-electron chi connectivity index (χ3n) is 11.4. The smallest absolute Gasteiger partial charge is 0.326 e. The lowest BCUT2D eigenvalue weighted by Gasteiger charge is -2.27. The average molecular weight is 1180 g/mol. The number of primary amides is 2. The van der Waals surface area contributed by atoms with Crippen LogP contribution in [0.25, 0.3) is 0 Å². The molecule has 458 valence electrons. The van der Waals surface area contributed by atoms with E-state index >= 15 is 0 Å². The van der Waals surface area contributed by atoms with E-state index in [2.05, 4.69) is 52.5 Å². The van der Waals surface area contributed by atoms with E-state index in [0.29, 0.717) is 12.8 Å². The van der Waals surface area contributed by atoms with Gasteiger partial charge in [-0.05, 0) is 89.2 Å². The van der Waals surface area contributed by atoms with Gasteiger partial charge in [-0.2, -0.15) is 11.8 Å². The molecule has 28 N–H and O–H groups in total. The zero-order valence-electron chi connectivity index (χ0n) is 44.9. The lowest BCUT2D eigenvalue weighted by atomic mass is 10.0. The minimum atomic E-state index is -2.06. The second-order valence-corrected chi connectivity index (χ2v) is 19.1. The molecule has 10 amide bonds. The Kier molecular flexibility index (Phi) is 36.1. The second-order valence-electron chi connectivity index (χ2n) is 18.1. The van der Waals surface area contributed by atoms with Crippen molar-refractivity contribution in [2.24, 2.45) is 55.9 Å². The molecule has 0 spiro atoms. The first kappa shape index (κ1) is 72.9. The van der Waals surface area contributed by atoms with Gasteiger partial charge in [0.2, 0.25) is 59.1 Å². The Hall–Kier alpha value is -8.12. The molecule has 0 rings (SSSR count). The Bertz CT molecular complexity index is 2220. The first-order chi connectivity index (χ1) is 38.1. The fourth-order valence-electron chi connectivity index (χ4n) is 7.08. The molecule has 0 aliphatic carbocycles. The van der Waals surface area contributed by atoms with E-state index in [1.807, 2.05) is 0 Å². The fourth-order valence-corrected chi connectivity index (χ4v) is 7.55. The summed E-state index contributed by atoms with van der Waals surface area (Å²) < 4.78 is 0. The van der Waals surface area contributed by atoms with Crippen LogP contribution in [-0.4, -0.2) is 202 Å². The van der Waals surface area contributed by atoms with Gasteiger partial charge in [0, 0.05) is 32.4 Å². The van der Waals surface area contributed by atoms with Gasteiger partial charge in [-0.1, -0.05) is 0 Å². The lowest BCUT2D eigenvalue weighted by molar-refractivity contribution is -0.143. The molecule has 35 nitrogen and oxygen atoms in total. The number of carboxylic acid groups (broad SMARTS) is 3. The monoisotopic (exact) mass is 1180 g/mol. The Morgan fingerprint density at radius 2 is 0.790 bits per heavy atom. The van der Waals surface area contributed by atoms with Crippen molar-refractivity contribution < 1.29 is 82.8 Å². The molecule has 0 heterocycles. The minimum Gasteiger partial charge on any atom is -0.481 e. The summed E-state index contributed by atoms with van der Waals surface area (Å²) in [5.74, 6) is -15.6. The summed E-state index contributed by atoms with van der Waals surface area (Å²) in [6.07, 6.45) is -2.07. The SMILES string of the molecule is CSCCC(NC(=O)C(CCC(N)=O)NC(=O)C(CCCCN)NC(=O)C(N)CCC(N)=O)C(=O)NC(CO)C(=O)NC(CC(=O)O)C(=O)NC(CCCN=C(N)N)C(=O)NC(CCCN=C(N)N)C(=O)NC(CCC(=O)O)C(=O)O. The topological polar surface area (TPSA) is 632 Å². The van der Waals surface area contributed by atoms with Gasteiger partial charge in [0.25, 0.3) is 0 Å². The van der Waals surface area contributed by atoms with Gasteiger partial charge in [0.05, 0.1) is 19.1 Å². The molecule has 0 saturated carbocycles. The number of nitrogens with one attached hydrogen (secondary N) is 8. The Morgan fingerprint density at radius 3 is 1.19 bits per heavy atom. The van der Waals surface area contributed by atoms with E-state index in [1.165, 1.54) is 11.8 Å². The number of aliphatic hydroxyl groups is 1. The maximum atomic E-state index is 13.9. The molecule has 0 bridgehead atoms. The summed E-state index contributed by atoms with van der Waals surface area (Å²) in [7, 11) is 0. The van der Waals surface area contributed by atoms with Gasteiger partial charge < -0.3 is 109 Å².